The minimum atomic E-state index is -0.233. The van der Waals surface area contributed by atoms with Crippen molar-refractivity contribution in [3.8, 4) is 5.75 Å². The Bertz CT molecular complexity index is 615. The molecule has 0 fully saturated rings. The van der Waals surface area contributed by atoms with Gasteiger partial charge >= 0.3 is 0 Å². The van der Waals surface area contributed by atoms with Gasteiger partial charge in [-0.25, -0.2) is 4.39 Å². The first-order valence-corrected chi connectivity index (χ1v) is 9.09. The van der Waals surface area contributed by atoms with Gasteiger partial charge in [0, 0.05) is 17.4 Å². The standard InChI is InChI=1S/C21H29FO/c1-5-6-7-8-15-12-18(22)20-16-11-14(2)9-10-17(16)21(3,4)23-19(20)13-15/h9,12-13,16-17H,5-8,10-11H2,1-4H3/t16-,17?/m1/s1. The lowest BCUT2D eigenvalue weighted by Crippen LogP contribution is -2.45. The van der Waals surface area contributed by atoms with Gasteiger partial charge in [0.15, 0.2) is 0 Å². The number of hydrogen-bond acceptors (Lipinski definition) is 1. The molecule has 0 N–H and O–H groups in total. The molecule has 3 rings (SSSR count). The van der Waals surface area contributed by atoms with Crippen LogP contribution in [0.2, 0.25) is 0 Å². The van der Waals surface area contributed by atoms with Gasteiger partial charge in [-0.1, -0.05) is 31.4 Å². The van der Waals surface area contributed by atoms with E-state index in [9.17, 15) is 4.39 Å². The van der Waals surface area contributed by atoms with Crippen LogP contribution in [0.1, 0.15) is 76.8 Å². The fourth-order valence-electron chi connectivity index (χ4n) is 4.31. The number of ether oxygens (including phenoxy) is 1. The largest absolute Gasteiger partial charge is 0.487 e. The van der Waals surface area contributed by atoms with E-state index in [1.807, 2.05) is 0 Å². The van der Waals surface area contributed by atoms with E-state index >= 15 is 0 Å². The van der Waals surface area contributed by atoms with Crippen LogP contribution in [0.3, 0.4) is 0 Å². The summed E-state index contributed by atoms with van der Waals surface area (Å²) in [4.78, 5) is 0. The molecule has 1 aromatic carbocycles. The van der Waals surface area contributed by atoms with Gasteiger partial charge in [0.05, 0.1) is 0 Å². The molecule has 0 amide bonds. The summed E-state index contributed by atoms with van der Waals surface area (Å²) >= 11 is 0. The molecule has 1 aromatic rings. The molecule has 2 heteroatoms. The minimum absolute atomic E-state index is 0.0609. The Morgan fingerprint density at radius 3 is 2.78 bits per heavy atom. The van der Waals surface area contributed by atoms with Gasteiger partial charge in [-0.3, -0.25) is 0 Å². The monoisotopic (exact) mass is 316 g/mol. The van der Waals surface area contributed by atoms with Gasteiger partial charge in [0.2, 0.25) is 0 Å². The van der Waals surface area contributed by atoms with E-state index < -0.39 is 0 Å². The van der Waals surface area contributed by atoms with E-state index in [0.29, 0.717) is 5.92 Å². The number of halogens is 1. The number of aryl methyl sites for hydroxylation is 1. The van der Waals surface area contributed by atoms with Gasteiger partial charge < -0.3 is 4.74 Å². The quantitative estimate of drug-likeness (QED) is 0.477. The maximum absolute atomic E-state index is 14.9. The number of hydrogen-bond donors (Lipinski definition) is 0. The molecule has 0 bridgehead atoms. The number of unbranched alkanes of at least 4 members (excludes halogenated alkanes) is 2. The summed E-state index contributed by atoms with van der Waals surface area (Å²) in [6.07, 6.45) is 8.68. The maximum Gasteiger partial charge on any atom is 0.130 e. The predicted octanol–water partition coefficient (Wildman–Crippen LogP) is 6.17. The highest BCUT2D eigenvalue weighted by Crippen LogP contribution is 2.52. The lowest BCUT2D eigenvalue weighted by Gasteiger charge is -2.47. The van der Waals surface area contributed by atoms with Crippen LogP contribution in [0.4, 0.5) is 4.39 Å². The summed E-state index contributed by atoms with van der Waals surface area (Å²) in [5, 5.41) is 0. The van der Waals surface area contributed by atoms with E-state index in [2.05, 4.69) is 39.8 Å². The summed E-state index contributed by atoms with van der Waals surface area (Å²) in [7, 11) is 0. The van der Waals surface area contributed by atoms with E-state index in [-0.39, 0.29) is 17.3 Å². The first-order valence-electron chi connectivity index (χ1n) is 9.09. The van der Waals surface area contributed by atoms with Crippen LogP contribution >= 0.6 is 0 Å². The molecule has 0 saturated heterocycles. The molecule has 0 spiro atoms. The smallest absolute Gasteiger partial charge is 0.130 e. The molecular weight excluding hydrogens is 287 g/mol. The van der Waals surface area contributed by atoms with Crippen LogP contribution in [0.25, 0.3) is 0 Å². The zero-order chi connectivity index (χ0) is 16.6. The average molecular weight is 316 g/mol. The fraction of sp³-hybridized carbons (Fsp3) is 0.619. The predicted molar refractivity (Wildman–Crippen MR) is 93.6 cm³/mol. The molecule has 1 aliphatic heterocycles. The summed E-state index contributed by atoms with van der Waals surface area (Å²) in [5.41, 5.74) is 3.04. The highest BCUT2D eigenvalue weighted by molar-refractivity contribution is 5.45. The Kier molecular flexibility index (Phi) is 4.53. The topological polar surface area (TPSA) is 9.23 Å². The Labute approximate surface area is 139 Å². The van der Waals surface area contributed by atoms with Crippen molar-refractivity contribution in [3.05, 3.63) is 40.7 Å². The van der Waals surface area contributed by atoms with Gasteiger partial charge in [-0.2, -0.15) is 0 Å². The number of benzene rings is 1. The van der Waals surface area contributed by atoms with Crippen LogP contribution < -0.4 is 4.74 Å². The van der Waals surface area contributed by atoms with Gasteiger partial charge in [0.25, 0.3) is 0 Å². The molecule has 2 aliphatic rings. The number of allylic oxidation sites excluding steroid dienone is 2. The summed E-state index contributed by atoms with van der Waals surface area (Å²) in [6.45, 7) is 8.67. The van der Waals surface area contributed by atoms with Crippen molar-refractivity contribution in [2.45, 2.75) is 77.7 Å². The van der Waals surface area contributed by atoms with Crippen molar-refractivity contribution < 1.29 is 9.13 Å². The Hall–Kier alpha value is -1.31. The lowest BCUT2D eigenvalue weighted by atomic mass is 9.67. The highest BCUT2D eigenvalue weighted by Gasteiger charge is 2.45. The second-order valence-corrected chi connectivity index (χ2v) is 7.86. The van der Waals surface area contributed by atoms with Gasteiger partial charge in [-0.15, -0.1) is 0 Å². The van der Waals surface area contributed by atoms with Crippen molar-refractivity contribution in [3.63, 3.8) is 0 Å². The minimum Gasteiger partial charge on any atom is -0.487 e. The third-order valence-electron chi connectivity index (χ3n) is 5.60. The van der Waals surface area contributed by atoms with Crippen molar-refractivity contribution >= 4 is 0 Å². The first-order chi connectivity index (χ1) is 10.9. The molecule has 1 aliphatic carbocycles. The highest BCUT2D eigenvalue weighted by atomic mass is 19.1. The number of fused-ring (bicyclic) bond motifs is 3. The Morgan fingerprint density at radius 1 is 1.26 bits per heavy atom. The molecule has 126 valence electrons. The van der Waals surface area contributed by atoms with E-state index in [1.54, 1.807) is 6.07 Å². The lowest BCUT2D eigenvalue weighted by molar-refractivity contribution is 0.00692. The fourth-order valence-corrected chi connectivity index (χ4v) is 4.31. The molecule has 0 saturated carbocycles. The second-order valence-electron chi connectivity index (χ2n) is 7.86. The Morgan fingerprint density at radius 2 is 2.04 bits per heavy atom. The zero-order valence-corrected chi connectivity index (χ0v) is 14.9. The van der Waals surface area contributed by atoms with Crippen LogP contribution in [-0.2, 0) is 6.42 Å². The SMILES string of the molecule is CCCCCc1cc(F)c2c(c1)OC(C)(C)C1CC=C(C)C[C@@H]21. The second kappa shape index (κ2) is 6.30. The zero-order valence-electron chi connectivity index (χ0n) is 14.9. The van der Waals surface area contributed by atoms with Crippen LogP contribution in [0.5, 0.6) is 5.75 Å². The van der Waals surface area contributed by atoms with E-state index in [1.165, 1.54) is 18.4 Å². The van der Waals surface area contributed by atoms with Crippen LogP contribution in [0, 0.1) is 11.7 Å². The maximum atomic E-state index is 14.9. The third kappa shape index (κ3) is 3.18. The van der Waals surface area contributed by atoms with E-state index in [0.717, 1.165) is 42.6 Å². The van der Waals surface area contributed by atoms with Gasteiger partial charge in [0.1, 0.15) is 17.2 Å². The normalized spacial score (nSPS) is 25.2. The molecular formula is C21H29FO. The summed E-state index contributed by atoms with van der Waals surface area (Å²) < 4.78 is 21.2. The Balaban J connectivity index is 1.96. The molecule has 0 radical (unpaired) electrons. The third-order valence-corrected chi connectivity index (χ3v) is 5.60. The van der Waals surface area contributed by atoms with Crippen molar-refractivity contribution in [1.29, 1.82) is 0 Å². The van der Waals surface area contributed by atoms with Crippen molar-refractivity contribution in [2.75, 3.05) is 0 Å². The molecule has 23 heavy (non-hydrogen) atoms. The summed E-state index contributed by atoms with van der Waals surface area (Å²) in [5.74, 6) is 1.34. The molecule has 2 atom stereocenters. The number of rotatable bonds is 4. The van der Waals surface area contributed by atoms with Crippen molar-refractivity contribution in [1.82, 2.24) is 0 Å². The van der Waals surface area contributed by atoms with Gasteiger partial charge in [-0.05, 0) is 64.2 Å². The molecule has 0 aromatic heterocycles. The first kappa shape index (κ1) is 16.5. The molecule has 1 nitrogen and oxygen atoms in total. The molecule has 1 unspecified atom stereocenters. The summed E-state index contributed by atoms with van der Waals surface area (Å²) in [6, 6.07) is 3.85. The van der Waals surface area contributed by atoms with Crippen LogP contribution in [0.15, 0.2) is 23.8 Å². The molecule has 1 heterocycles. The van der Waals surface area contributed by atoms with Crippen LogP contribution in [-0.4, -0.2) is 5.60 Å². The average Bonchev–Trinajstić information content (AvgIpc) is 2.46. The van der Waals surface area contributed by atoms with E-state index in [4.69, 9.17) is 4.74 Å². The van der Waals surface area contributed by atoms with Crippen molar-refractivity contribution in [2.24, 2.45) is 5.92 Å².